The Balaban J connectivity index is 1.91. The van der Waals surface area contributed by atoms with Gasteiger partial charge in [0.2, 0.25) is 17.7 Å². The van der Waals surface area contributed by atoms with Crippen molar-refractivity contribution in [1.82, 2.24) is 20.1 Å². The van der Waals surface area contributed by atoms with E-state index in [1.54, 1.807) is 13.0 Å². The highest BCUT2D eigenvalue weighted by Crippen LogP contribution is 2.11. The van der Waals surface area contributed by atoms with Crippen LogP contribution in [0.3, 0.4) is 0 Å². The van der Waals surface area contributed by atoms with Gasteiger partial charge in [0, 0.05) is 31.6 Å². The van der Waals surface area contributed by atoms with E-state index in [4.69, 9.17) is 9.26 Å². The summed E-state index contributed by atoms with van der Waals surface area (Å²) in [5.74, 6) is 2.36. The minimum atomic E-state index is 0.545. The Morgan fingerprint density at radius 1 is 1.26 bits per heavy atom. The molecule has 19 heavy (non-hydrogen) atoms. The number of rotatable bonds is 6. The number of anilines is 1. The smallest absolute Gasteiger partial charge is 0.226 e. The molecular formula is C12H17N5O2. The zero-order chi connectivity index (χ0) is 13.7. The largest absolute Gasteiger partial charge is 0.478 e. The van der Waals surface area contributed by atoms with Crippen LogP contribution in [-0.2, 0) is 6.42 Å². The lowest BCUT2D eigenvalue weighted by Gasteiger charge is -2.07. The van der Waals surface area contributed by atoms with Crippen molar-refractivity contribution in [3.63, 3.8) is 0 Å². The predicted molar refractivity (Wildman–Crippen MR) is 69.2 cm³/mol. The maximum Gasteiger partial charge on any atom is 0.226 e. The molecule has 0 atom stereocenters. The van der Waals surface area contributed by atoms with Crippen LogP contribution in [-0.4, -0.2) is 33.3 Å². The molecular weight excluding hydrogens is 246 g/mol. The summed E-state index contributed by atoms with van der Waals surface area (Å²) in [6, 6.07) is 1.80. The topological polar surface area (TPSA) is 86.0 Å². The number of nitrogens with zero attached hydrogens (tertiary/aromatic N) is 4. The second-order valence-corrected chi connectivity index (χ2v) is 4.01. The molecule has 2 aromatic heterocycles. The third-order valence-corrected chi connectivity index (χ3v) is 2.32. The standard InChI is InChI=1S/C12H17N5O2/c1-4-18-11-7-8(2)14-12(16-11)13-6-5-10-15-9(3)19-17-10/h7H,4-6H2,1-3H3,(H,13,14,16). The van der Waals surface area contributed by atoms with Crippen LogP contribution in [0.5, 0.6) is 5.88 Å². The van der Waals surface area contributed by atoms with Crippen LogP contribution in [0.1, 0.15) is 24.3 Å². The molecule has 2 rings (SSSR count). The van der Waals surface area contributed by atoms with Crippen LogP contribution in [0.25, 0.3) is 0 Å². The molecule has 0 amide bonds. The van der Waals surface area contributed by atoms with Crippen molar-refractivity contribution < 1.29 is 9.26 Å². The van der Waals surface area contributed by atoms with Gasteiger partial charge in [0.15, 0.2) is 5.82 Å². The van der Waals surface area contributed by atoms with E-state index in [0.717, 1.165) is 5.69 Å². The molecule has 7 nitrogen and oxygen atoms in total. The molecule has 0 fully saturated rings. The van der Waals surface area contributed by atoms with Gasteiger partial charge in [0.05, 0.1) is 6.61 Å². The summed E-state index contributed by atoms with van der Waals surface area (Å²) < 4.78 is 10.3. The highest BCUT2D eigenvalue weighted by molar-refractivity contribution is 5.30. The first kappa shape index (κ1) is 13.3. The summed E-state index contributed by atoms with van der Waals surface area (Å²) in [5, 5.41) is 6.94. The van der Waals surface area contributed by atoms with Crippen LogP contribution < -0.4 is 10.1 Å². The SMILES string of the molecule is CCOc1cc(C)nc(NCCc2noc(C)n2)n1. The Morgan fingerprint density at radius 3 is 2.79 bits per heavy atom. The zero-order valence-corrected chi connectivity index (χ0v) is 11.3. The van der Waals surface area contributed by atoms with Crippen LogP contribution in [0, 0.1) is 13.8 Å². The molecule has 2 heterocycles. The van der Waals surface area contributed by atoms with Crippen LogP contribution in [0.15, 0.2) is 10.6 Å². The minimum absolute atomic E-state index is 0.545. The molecule has 0 unspecified atom stereocenters. The summed E-state index contributed by atoms with van der Waals surface area (Å²) in [5.41, 5.74) is 0.858. The van der Waals surface area contributed by atoms with Crippen molar-refractivity contribution in [2.24, 2.45) is 0 Å². The highest BCUT2D eigenvalue weighted by atomic mass is 16.5. The Morgan fingerprint density at radius 2 is 2.11 bits per heavy atom. The molecule has 0 bridgehead atoms. The van der Waals surface area contributed by atoms with Gasteiger partial charge in [-0.05, 0) is 13.8 Å². The molecule has 0 aliphatic heterocycles. The van der Waals surface area contributed by atoms with E-state index >= 15 is 0 Å². The van der Waals surface area contributed by atoms with Crippen molar-refractivity contribution in [1.29, 1.82) is 0 Å². The molecule has 102 valence electrons. The lowest BCUT2D eigenvalue weighted by Crippen LogP contribution is -2.10. The van der Waals surface area contributed by atoms with Crippen molar-refractivity contribution in [2.45, 2.75) is 27.2 Å². The van der Waals surface area contributed by atoms with Gasteiger partial charge < -0.3 is 14.6 Å². The summed E-state index contributed by atoms with van der Waals surface area (Å²) in [6.45, 7) is 6.80. The van der Waals surface area contributed by atoms with Gasteiger partial charge in [-0.3, -0.25) is 0 Å². The fourth-order valence-electron chi connectivity index (χ4n) is 1.57. The van der Waals surface area contributed by atoms with Crippen molar-refractivity contribution >= 4 is 5.95 Å². The van der Waals surface area contributed by atoms with Crippen molar-refractivity contribution in [3.05, 3.63) is 23.5 Å². The summed E-state index contributed by atoms with van der Waals surface area (Å²) in [6.07, 6.45) is 0.651. The molecule has 0 saturated heterocycles. The average Bonchev–Trinajstić information content (AvgIpc) is 2.75. The summed E-state index contributed by atoms with van der Waals surface area (Å²) in [7, 11) is 0. The minimum Gasteiger partial charge on any atom is -0.478 e. The fourth-order valence-corrected chi connectivity index (χ4v) is 1.57. The Hall–Kier alpha value is -2.18. The molecule has 7 heteroatoms. The van der Waals surface area contributed by atoms with Crippen LogP contribution >= 0.6 is 0 Å². The third kappa shape index (κ3) is 3.90. The van der Waals surface area contributed by atoms with E-state index in [2.05, 4.69) is 25.4 Å². The Labute approximate surface area is 111 Å². The van der Waals surface area contributed by atoms with Gasteiger partial charge in [0.1, 0.15) is 0 Å². The monoisotopic (exact) mass is 263 g/mol. The average molecular weight is 263 g/mol. The first-order chi connectivity index (χ1) is 9.17. The van der Waals surface area contributed by atoms with E-state index in [0.29, 0.717) is 43.1 Å². The lowest BCUT2D eigenvalue weighted by molar-refractivity contribution is 0.326. The van der Waals surface area contributed by atoms with Gasteiger partial charge in [-0.25, -0.2) is 4.98 Å². The molecule has 0 saturated carbocycles. The van der Waals surface area contributed by atoms with E-state index in [9.17, 15) is 0 Å². The van der Waals surface area contributed by atoms with Crippen LogP contribution in [0.2, 0.25) is 0 Å². The summed E-state index contributed by atoms with van der Waals surface area (Å²) >= 11 is 0. The third-order valence-electron chi connectivity index (χ3n) is 2.32. The normalized spacial score (nSPS) is 10.5. The first-order valence-electron chi connectivity index (χ1n) is 6.19. The fraction of sp³-hybridized carbons (Fsp3) is 0.500. The lowest BCUT2D eigenvalue weighted by atomic mass is 10.4. The zero-order valence-electron chi connectivity index (χ0n) is 11.3. The van der Waals surface area contributed by atoms with E-state index in [-0.39, 0.29) is 0 Å². The van der Waals surface area contributed by atoms with Gasteiger partial charge in [-0.1, -0.05) is 5.16 Å². The number of nitrogens with one attached hydrogen (secondary N) is 1. The summed E-state index contributed by atoms with van der Waals surface area (Å²) in [4.78, 5) is 12.7. The number of aryl methyl sites for hydroxylation is 2. The van der Waals surface area contributed by atoms with Crippen molar-refractivity contribution in [3.8, 4) is 5.88 Å². The Bertz CT molecular complexity index is 541. The molecule has 0 aromatic carbocycles. The molecule has 1 N–H and O–H groups in total. The van der Waals surface area contributed by atoms with Crippen molar-refractivity contribution in [2.75, 3.05) is 18.5 Å². The molecule has 0 radical (unpaired) electrons. The van der Waals surface area contributed by atoms with Gasteiger partial charge >= 0.3 is 0 Å². The molecule has 0 aliphatic carbocycles. The highest BCUT2D eigenvalue weighted by Gasteiger charge is 2.04. The van der Waals surface area contributed by atoms with Crippen LogP contribution in [0.4, 0.5) is 5.95 Å². The molecule has 0 spiro atoms. The molecule has 0 aliphatic rings. The van der Waals surface area contributed by atoms with E-state index in [1.807, 2.05) is 13.8 Å². The quantitative estimate of drug-likeness (QED) is 0.845. The number of hydrogen-bond acceptors (Lipinski definition) is 7. The van der Waals surface area contributed by atoms with E-state index in [1.165, 1.54) is 0 Å². The molecule has 2 aromatic rings. The number of aromatic nitrogens is 4. The second kappa shape index (κ2) is 6.12. The maximum atomic E-state index is 5.36. The maximum absolute atomic E-state index is 5.36. The second-order valence-electron chi connectivity index (χ2n) is 4.01. The predicted octanol–water partition coefficient (Wildman–Crippen LogP) is 1.53. The van der Waals surface area contributed by atoms with Gasteiger partial charge in [-0.15, -0.1) is 0 Å². The first-order valence-corrected chi connectivity index (χ1v) is 6.19. The number of ether oxygens (including phenoxy) is 1. The van der Waals surface area contributed by atoms with E-state index < -0.39 is 0 Å². The Kier molecular flexibility index (Phi) is 4.27. The van der Waals surface area contributed by atoms with Gasteiger partial charge in [0.25, 0.3) is 0 Å². The van der Waals surface area contributed by atoms with Gasteiger partial charge in [-0.2, -0.15) is 9.97 Å². The number of hydrogen-bond donors (Lipinski definition) is 1.